The summed E-state index contributed by atoms with van der Waals surface area (Å²) in [7, 11) is 4.71. The van der Waals surface area contributed by atoms with Crippen LogP contribution < -0.4 is 14.2 Å². The minimum atomic E-state index is 0.0958. The Labute approximate surface area is 211 Å². The van der Waals surface area contributed by atoms with E-state index in [1.807, 2.05) is 41.3 Å². The van der Waals surface area contributed by atoms with Crippen LogP contribution in [-0.2, 0) is 17.6 Å². The number of rotatable bonds is 10. The van der Waals surface area contributed by atoms with Gasteiger partial charge in [-0.3, -0.25) is 9.69 Å². The van der Waals surface area contributed by atoms with Gasteiger partial charge in [0.15, 0.2) is 11.5 Å². The molecule has 1 fully saturated rings. The largest absolute Gasteiger partial charge is 0.493 e. The molecule has 1 saturated heterocycles. The number of benzene rings is 2. The first kappa shape index (κ1) is 25.5. The molecule has 0 radical (unpaired) electrons. The number of carbonyl (C=O) groups is 1. The highest BCUT2D eigenvalue weighted by Gasteiger charge is 2.22. The Bertz CT molecular complexity index is 1130. The van der Waals surface area contributed by atoms with Crippen molar-refractivity contribution in [3.8, 4) is 28.6 Å². The molecule has 1 aliphatic heterocycles. The molecular formula is C27H34N4O5. The molecule has 1 amide bonds. The fourth-order valence-electron chi connectivity index (χ4n) is 4.37. The van der Waals surface area contributed by atoms with Crippen LogP contribution in [0.3, 0.4) is 0 Å². The topological polar surface area (TPSA) is 90.2 Å². The zero-order valence-corrected chi connectivity index (χ0v) is 21.5. The van der Waals surface area contributed by atoms with Crippen LogP contribution in [0, 0.1) is 6.92 Å². The second-order valence-electron chi connectivity index (χ2n) is 8.91. The fourth-order valence-corrected chi connectivity index (χ4v) is 4.37. The van der Waals surface area contributed by atoms with E-state index < -0.39 is 0 Å². The van der Waals surface area contributed by atoms with Crippen LogP contribution in [0.25, 0.3) is 11.4 Å². The summed E-state index contributed by atoms with van der Waals surface area (Å²) in [6.07, 6.45) is 1.95. The number of hydrogen-bond acceptors (Lipinski definition) is 8. The molecule has 2 heterocycles. The van der Waals surface area contributed by atoms with Crippen molar-refractivity contribution in [2.24, 2.45) is 0 Å². The van der Waals surface area contributed by atoms with E-state index in [4.69, 9.17) is 18.7 Å². The molecule has 1 aromatic heterocycles. The average Bonchev–Trinajstić information content (AvgIpc) is 3.37. The molecule has 0 bridgehead atoms. The first-order valence-electron chi connectivity index (χ1n) is 12.2. The number of methoxy groups -OCH3 is 3. The lowest BCUT2D eigenvalue weighted by atomic mass is 10.1. The molecular weight excluding hydrogens is 460 g/mol. The van der Waals surface area contributed by atoms with Crippen molar-refractivity contribution in [1.82, 2.24) is 19.9 Å². The molecule has 1 aliphatic rings. The van der Waals surface area contributed by atoms with E-state index >= 15 is 0 Å². The molecule has 192 valence electrons. The molecule has 36 heavy (non-hydrogen) atoms. The summed E-state index contributed by atoms with van der Waals surface area (Å²) in [5, 5.41) is 4.11. The van der Waals surface area contributed by atoms with Gasteiger partial charge >= 0.3 is 0 Å². The third kappa shape index (κ3) is 6.15. The molecule has 0 unspecified atom stereocenters. The van der Waals surface area contributed by atoms with Gasteiger partial charge in [-0.25, -0.2) is 0 Å². The summed E-state index contributed by atoms with van der Waals surface area (Å²) in [4.78, 5) is 21.8. The zero-order chi connectivity index (χ0) is 25.5. The SMILES string of the molecule is COc1cc(CC(=O)N2CCN(CCCc3nc(-c4ccc(C)cc4)no3)CC2)cc(OC)c1OC. The third-order valence-corrected chi connectivity index (χ3v) is 6.45. The standard InChI is InChI=1S/C27H34N4O5/c1-19-7-9-21(10-8-19)27-28-24(36-29-27)6-5-11-30-12-14-31(15-13-30)25(32)18-20-16-22(33-2)26(35-4)23(17-20)34-3/h7-10,16-17H,5-6,11-15,18H2,1-4H3. The van der Waals surface area contributed by atoms with Crippen molar-refractivity contribution in [1.29, 1.82) is 0 Å². The highest BCUT2D eigenvalue weighted by molar-refractivity contribution is 5.79. The van der Waals surface area contributed by atoms with E-state index in [-0.39, 0.29) is 12.3 Å². The lowest BCUT2D eigenvalue weighted by Crippen LogP contribution is -2.49. The summed E-state index contributed by atoms with van der Waals surface area (Å²) in [6, 6.07) is 11.8. The summed E-state index contributed by atoms with van der Waals surface area (Å²) in [5.41, 5.74) is 3.00. The van der Waals surface area contributed by atoms with Gasteiger partial charge in [0.2, 0.25) is 23.4 Å². The maximum absolute atomic E-state index is 12.9. The fraction of sp³-hybridized carbons (Fsp3) is 0.444. The lowest BCUT2D eigenvalue weighted by molar-refractivity contribution is -0.132. The molecule has 9 heteroatoms. The van der Waals surface area contributed by atoms with E-state index in [0.717, 1.165) is 43.6 Å². The van der Waals surface area contributed by atoms with Crippen molar-refractivity contribution >= 4 is 5.91 Å². The quantitative estimate of drug-likeness (QED) is 0.424. The predicted molar refractivity (Wildman–Crippen MR) is 136 cm³/mol. The molecule has 0 N–H and O–H groups in total. The van der Waals surface area contributed by atoms with Gasteiger partial charge in [-0.15, -0.1) is 0 Å². The van der Waals surface area contributed by atoms with Gasteiger partial charge in [0.05, 0.1) is 27.8 Å². The van der Waals surface area contributed by atoms with Gasteiger partial charge in [0, 0.05) is 38.2 Å². The first-order valence-corrected chi connectivity index (χ1v) is 12.2. The number of aryl methyl sites for hydroxylation is 2. The van der Waals surface area contributed by atoms with Crippen LogP contribution in [0.5, 0.6) is 17.2 Å². The van der Waals surface area contributed by atoms with Gasteiger partial charge in [0.25, 0.3) is 0 Å². The molecule has 9 nitrogen and oxygen atoms in total. The number of ether oxygens (including phenoxy) is 3. The van der Waals surface area contributed by atoms with Crippen molar-refractivity contribution in [3.63, 3.8) is 0 Å². The predicted octanol–water partition coefficient (Wildman–Crippen LogP) is 3.39. The van der Waals surface area contributed by atoms with Crippen LogP contribution in [0.1, 0.15) is 23.4 Å². The Hall–Kier alpha value is -3.59. The summed E-state index contributed by atoms with van der Waals surface area (Å²) >= 11 is 0. The van der Waals surface area contributed by atoms with Crippen molar-refractivity contribution in [2.45, 2.75) is 26.2 Å². The van der Waals surface area contributed by atoms with Gasteiger partial charge < -0.3 is 23.6 Å². The van der Waals surface area contributed by atoms with Crippen LogP contribution in [0.15, 0.2) is 40.9 Å². The van der Waals surface area contributed by atoms with Crippen LogP contribution in [-0.4, -0.2) is 79.9 Å². The number of amides is 1. The summed E-state index contributed by atoms with van der Waals surface area (Å²) < 4.78 is 21.6. The highest BCUT2D eigenvalue weighted by atomic mass is 16.5. The number of piperazine rings is 1. The molecule has 0 aliphatic carbocycles. The van der Waals surface area contributed by atoms with E-state index in [1.54, 1.807) is 21.3 Å². The Kier molecular flexibility index (Phi) is 8.43. The number of carbonyl (C=O) groups excluding carboxylic acids is 1. The smallest absolute Gasteiger partial charge is 0.227 e. The van der Waals surface area contributed by atoms with E-state index in [1.165, 1.54) is 5.56 Å². The maximum Gasteiger partial charge on any atom is 0.227 e. The number of nitrogens with zero attached hydrogens (tertiary/aromatic N) is 4. The maximum atomic E-state index is 12.9. The van der Waals surface area contributed by atoms with Gasteiger partial charge in [-0.1, -0.05) is 35.0 Å². The van der Waals surface area contributed by atoms with Crippen LogP contribution >= 0.6 is 0 Å². The molecule has 0 spiro atoms. The average molecular weight is 495 g/mol. The van der Waals surface area contributed by atoms with Crippen molar-refractivity contribution in [3.05, 3.63) is 53.4 Å². The normalized spacial score (nSPS) is 14.1. The Morgan fingerprint density at radius 2 is 1.64 bits per heavy atom. The lowest BCUT2D eigenvalue weighted by Gasteiger charge is -2.34. The molecule has 3 aromatic rings. The Balaban J connectivity index is 1.22. The second-order valence-corrected chi connectivity index (χ2v) is 8.91. The molecule has 4 rings (SSSR count). The minimum Gasteiger partial charge on any atom is -0.493 e. The van der Waals surface area contributed by atoms with Gasteiger partial charge in [0.1, 0.15) is 0 Å². The second kappa shape index (κ2) is 11.9. The molecule has 2 aromatic carbocycles. The molecule has 0 atom stereocenters. The van der Waals surface area contributed by atoms with E-state index in [9.17, 15) is 4.79 Å². The summed E-state index contributed by atoms with van der Waals surface area (Å²) in [5.74, 6) is 3.01. The van der Waals surface area contributed by atoms with Crippen molar-refractivity contribution in [2.75, 3.05) is 54.1 Å². The van der Waals surface area contributed by atoms with Gasteiger partial charge in [-0.05, 0) is 37.6 Å². The van der Waals surface area contributed by atoms with E-state index in [2.05, 4.69) is 22.0 Å². The van der Waals surface area contributed by atoms with Crippen molar-refractivity contribution < 1.29 is 23.5 Å². The zero-order valence-electron chi connectivity index (χ0n) is 21.5. The first-order chi connectivity index (χ1) is 17.5. The van der Waals surface area contributed by atoms with Gasteiger partial charge in [-0.2, -0.15) is 4.98 Å². The van der Waals surface area contributed by atoms with Crippen LogP contribution in [0.2, 0.25) is 0 Å². The third-order valence-electron chi connectivity index (χ3n) is 6.45. The minimum absolute atomic E-state index is 0.0958. The Morgan fingerprint density at radius 3 is 2.25 bits per heavy atom. The summed E-state index contributed by atoms with van der Waals surface area (Å²) in [6.45, 7) is 6.09. The Morgan fingerprint density at radius 1 is 0.972 bits per heavy atom. The highest BCUT2D eigenvalue weighted by Crippen LogP contribution is 2.38. The molecule has 0 saturated carbocycles. The number of hydrogen-bond donors (Lipinski definition) is 0. The number of aromatic nitrogens is 2. The van der Waals surface area contributed by atoms with E-state index in [0.29, 0.717) is 42.1 Å². The monoisotopic (exact) mass is 494 g/mol. The van der Waals surface area contributed by atoms with Crippen LogP contribution in [0.4, 0.5) is 0 Å².